The number of amides is 1. The smallest absolute Gasteiger partial charge is 0.256 e. The molecule has 0 aromatic carbocycles. The Bertz CT molecular complexity index is 400. The molecule has 1 amide bonds. The standard InChI is InChI=1S/C12H20N4O/c1-12(2)5-3-8(4-6-12)15-11(17)9-7-14-16-10(9)13/h7-8H,3-6H2,1-2H3,(H,15,17)(H3,13,14,16). The highest BCUT2D eigenvalue weighted by molar-refractivity contribution is 5.98. The van der Waals surface area contributed by atoms with Gasteiger partial charge in [0.2, 0.25) is 0 Å². The van der Waals surface area contributed by atoms with Crippen molar-refractivity contribution < 1.29 is 4.79 Å². The van der Waals surface area contributed by atoms with Gasteiger partial charge >= 0.3 is 0 Å². The van der Waals surface area contributed by atoms with Crippen molar-refractivity contribution in [2.75, 3.05) is 5.73 Å². The maximum absolute atomic E-state index is 11.9. The van der Waals surface area contributed by atoms with E-state index >= 15 is 0 Å². The summed E-state index contributed by atoms with van der Waals surface area (Å²) < 4.78 is 0. The molecule has 1 aliphatic carbocycles. The second-order valence-electron chi connectivity index (χ2n) is 5.61. The van der Waals surface area contributed by atoms with Crippen molar-refractivity contribution in [1.29, 1.82) is 0 Å². The summed E-state index contributed by atoms with van der Waals surface area (Å²) in [7, 11) is 0. The molecule has 0 atom stereocenters. The zero-order valence-electron chi connectivity index (χ0n) is 10.4. The van der Waals surface area contributed by atoms with E-state index in [1.807, 2.05) is 0 Å². The number of aromatic nitrogens is 2. The van der Waals surface area contributed by atoms with Crippen molar-refractivity contribution in [3.63, 3.8) is 0 Å². The molecule has 1 aromatic heterocycles. The number of nitrogens with two attached hydrogens (primary N) is 1. The lowest BCUT2D eigenvalue weighted by molar-refractivity contribution is 0.0910. The molecule has 0 radical (unpaired) electrons. The fourth-order valence-corrected chi connectivity index (χ4v) is 2.28. The Morgan fingerprint density at radius 2 is 2.18 bits per heavy atom. The summed E-state index contributed by atoms with van der Waals surface area (Å²) in [6, 6.07) is 0.268. The Morgan fingerprint density at radius 1 is 1.53 bits per heavy atom. The van der Waals surface area contributed by atoms with Gasteiger partial charge in [0.25, 0.3) is 5.91 Å². The highest BCUT2D eigenvalue weighted by Crippen LogP contribution is 2.35. The molecule has 5 nitrogen and oxygen atoms in total. The van der Waals surface area contributed by atoms with Gasteiger partial charge in [-0.15, -0.1) is 0 Å². The Morgan fingerprint density at radius 3 is 2.71 bits per heavy atom. The summed E-state index contributed by atoms with van der Waals surface area (Å²) in [6.45, 7) is 4.55. The SMILES string of the molecule is CC1(C)CCC(NC(=O)c2cn[nH]c2N)CC1. The Labute approximate surface area is 101 Å². The van der Waals surface area contributed by atoms with Crippen LogP contribution in [0.15, 0.2) is 6.20 Å². The van der Waals surface area contributed by atoms with Crippen LogP contribution in [0.4, 0.5) is 5.82 Å². The second kappa shape index (κ2) is 4.39. The van der Waals surface area contributed by atoms with Gasteiger partial charge in [0, 0.05) is 6.04 Å². The molecule has 1 heterocycles. The fraction of sp³-hybridized carbons (Fsp3) is 0.667. The van der Waals surface area contributed by atoms with E-state index < -0.39 is 0 Å². The molecule has 0 spiro atoms. The Hall–Kier alpha value is -1.52. The topological polar surface area (TPSA) is 83.8 Å². The molecular weight excluding hydrogens is 216 g/mol. The van der Waals surface area contributed by atoms with Crippen molar-refractivity contribution in [1.82, 2.24) is 15.5 Å². The first kappa shape index (κ1) is 12.0. The number of aromatic amines is 1. The zero-order chi connectivity index (χ0) is 12.5. The minimum Gasteiger partial charge on any atom is -0.383 e. The number of hydrogen-bond acceptors (Lipinski definition) is 3. The molecule has 0 saturated heterocycles. The fourth-order valence-electron chi connectivity index (χ4n) is 2.28. The normalized spacial score (nSPS) is 20.1. The number of carbonyl (C=O) groups excluding carboxylic acids is 1. The summed E-state index contributed by atoms with van der Waals surface area (Å²) in [6.07, 6.45) is 5.85. The van der Waals surface area contributed by atoms with Crippen LogP contribution in [0.3, 0.4) is 0 Å². The third-order valence-electron chi connectivity index (χ3n) is 3.59. The molecule has 1 aliphatic rings. The summed E-state index contributed by atoms with van der Waals surface area (Å²) in [4.78, 5) is 11.9. The van der Waals surface area contributed by atoms with Crippen molar-refractivity contribution in [2.45, 2.75) is 45.6 Å². The van der Waals surface area contributed by atoms with Gasteiger partial charge in [-0.1, -0.05) is 13.8 Å². The predicted octanol–water partition coefficient (Wildman–Crippen LogP) is 1.69. The number of rotatable bonds is 2. The van der Waals surface area contributed by atoms with Gasteiger partial charge in [-0.25, -0.2) is 0 Å². The van der Waals surface area contributed by atoms with Crippen molar-refractivity contribution >= 4 is 11.7 Å². The van der Waals surface area contributed by atoms with E-state index in [0.717, 1.165) is 25.7 Å². The summed E-state index contributed by atoms with van der Waals surface area (Å²) in [5.74, 6) is 0.208. The van der Waals surface area contributed by atoms with Gasteiger partial charge in [-0.3, -0.25) is 9.89 Å². The van der Waals surface area contributed by atoms with Gasteiger partial charge < -0.3 is 11.1 Å². The van der Waals surface area contributed by atoms with Gasteiger partial charge in [-0.2, -0.15) is 5.10 Å². The molecular formula is C12H20N4O. The van der Waals surface area contributed by atoms with Crippen molar-refractivity contribution in [3.8, 4) is 0 Å². The molecule has 94 valence electrons. The number of nitrogens with zero attached hydrogens (tertiary/aromatic N) is 1. The first-order valence-corrected chi connectivity index (χ1v) is 6.08. The quantitative estimate of drug-likeness (QED) is 0.730. The van der Waals surface area contributed by atoms with E-state index in [1.54, 1.807) is 0 Å². The minimum absolute atomic E-state index is 0.124. The van der Waals surface area contributed by atoms with E-state index in [4.69, 9.17) is 5.73 Å². The van der Waals surface area contributed by atoms with E-state index in [2.05, 4.69) is 29.4 Å². The first-order chi connectivity index (χ1) is 7.98. The number of carbonyl (C=O) groups is 1. The Balaban J connectivity index is 1.91. The van der Waals surface area contributed by atoms with Gasteiger partial charge in [0.1, 0.15) is 11.4 Å². The summed E-state index contributed by atoms with van der Waals surface area (Å²) >= 11 is 0. The van der Waals surface area contributed by atoms with E-state index in [0.29, 0.717) is 16.8 Å². The molecule has 2 rings (SSSR count). The molecule has 1 aromatic rings. The van der Waals surface area contributed by atoms with Crippen LogP contribution < -0.4 is 11.1 Å². The van der Waals surface area contributed by atoms with Gasteiger partial charge in [-0.05, 0) is 31.1 Å². The lowest BCUT2D eigenvalue weighted by Gasteiger charge is -2.34. The zero-order valence-corrected chi connectivity index (χ0v) is 10.4. The largest absolute Gasteiger partial charge is 0.383 e. The number of nitrogen functional groups attached to an aromatic ring is 1. The van der Waals surface area contributed by atoms with E-state index in [1.165, 1.54) is 6.20 Å². The Kier molecular flexibility index (Phi) is 3.09. The third kappa shape index (κ3) is 2.78. The molecule has 0 unspecified atom stereocenters. The number of nitrogens with one attached hydrogen (secondary N) is 2. The predicted molar refractivity (Wildman–Crippen MR) is 66.5 cm³/mol. The number of hydrogen-bond donors (Lipinski definition) is 3. The van der Waals surface area contributed by atoms with Crippen LogP contribution >= 0.6 is 0 Å². The molecule has 17 heavy (non-hydrogen) atoms. The average molecular weight is 236 g/mol. The summed E-state index contributed by atoms with van der Waals surface area (Å²) in [5.41, 5.74) is 6.46. The number of anilines is 1. The lowest BCUT2D eigenvalue weighted by Crippen LogP contribution is -2.39. The van der Waals surface area contributed by atoms with Crippen LogP contribution in [-0.2, 0) is 0 Å². The van der Waals surface area contributed by atoms with Crippen molar-refractivity contribution in [3.05, 3.63) is 11.8 Å². The summed E-state index contributed by atoms with van der Waals surface area (Å²) in [5, 5.41) is 9.34. The van der Waals surface area contributed by atoms with Crippen LogP contribution in [0.1, 0.15) is 49.9 Å². The van der Waals surface area contributed by atoms with Gasteiger partial charge in [0.05, 0.1) is 6.20 Å². The second-order valence-corrected chi connectivity index (χ2v) is 5.61. The highest BCUT2D eigenvalue weighted by atomic mass is 16.1. The lowest BCUT2D eigenvalue weighted by atomic mass is 9.75. The van der Waals surface area contributed by atoms with E-state index in [9.17, 15) is 4.79 Å². The van der Waals surface area contributed by atoms with Gasteiger partial charge in [0.15, 0.2) is 0 Å². The van der Waals surface area contributed by atoms with Crippen LogP contribution in [0.25, 0.3) is 0 Å². The van der Waals surface area contributed by atoms with Crippen LogP contribution in [0.5, 0.6) is 0 Å². The molecule has 1 saturated carbocycles. The molecule has 5 heteroatoms. The molecule has 1 fully saturated rings. The molecule has 0 aliphatic heterocycles. The highest BCUT2D eigenvalue weighted by Gasteiger charge is 2.28. The number of H-pyrrole nitrogens is 1. The van der Waals surface area contributed by atoms with Crippen molar-refractivity contribution in [2.24, 2.45) is 5.41 Å². The molecule has 0 bridgehead atoms. The monoisotopic (exact) mass is 236 g/mol. The van der Waals surface area contributed by atoms with Crippen LogP contribution in [-0.4, -0.2) is 22.1 Å². The maximum Gasteiger partial charge on any atom is 0.256 e. The molecule has 4 N–H and O–H groups in total. The third-order valence-corrected chi connectivity index (χ3v) is 3.59. The van der Waals surface area contributed by atoms with E-state index in [-0.39, 0.29) is 11.9 Å². The minimum atomic E-state index is -0.124. The average Bonchev–Trinajstić information content (AvgIpc) is 2.68. The van der Waals surface area contributed by atoms with Crippen LogP contribution in [0, 0.1) is 5.41 Å². The maximum atomic E-state index is 11.9. The van der Waals surface area contributed by atoms with Crippen LogP contribution in [0.2, 0.25) is 0 Å². The first-order valence-electron chi connectivity index (χ1n) is 6.08.